The van der Waals surface area contributed by atoms with Gasteiger partial charge in [0.15, 0.2) is 6.10 Å². The van der Waals surface area contributed by atoms with Crippen LogP contribution in [0.4, 0.5) is 0 Å². The number of amides is 1. The summed E-state index contributed by atoms with van der Waals surface area (Å²) in [6.07, 6.45) is 3.68. The van der Waals surface area contributed by atoms with Crippen LogP contribution in [0, 0.1) is 5.92 Å². The Morgan fingerprint density at radius 2 is 2.00 bits per heavy atom. The van der Waals surface area contributed by atoms with Gasteiger partial charge < -0.3 is 15.0 Å². The van der Waals surface area contributed by atoms with E-state index < -0.39 is 12.1 Å². The Bertz CT molecular complexity index is 704. The third-order valence-corrected chi connectivity index (χ3v) is 4.84. The summed E-state index contributed by atoms with van der Waals surface area (Å²) in [6, 6.07) is 9.55. The van der Waals surface area contributed by atoms with E-state index in [0.29, 0.717) is 11.6 Å². The Morgan fingerprint density at radius 3 is 2.75 bits per heavy atom. The molecule has 1 heterocycles. The summed E-state index contributed by atoms with van der Waals surface area (Å²) < 4.78 is 5.32. The number of para-hydroxylation sites is 1. The molecule has 1 aromatic carbocycles. The number of esters is 1. The van der Waals surface area contributed by atoms with E-state index in [4.69, 9.17) is 4.74 Å². The smallest absolute Gasteiger partial charge is 0.355 e. The van der Waals surface area contributed by atoms with Crippen LogP contribution in [0.3, 0.4) is 0 Å². The van der Waals surface area contributed by atoms with Crippen LogP contribution in [-0.2, 0) is 9.53 Å². The van der Waals surface area contributed by atoms with Crippen molar-refractivity contribution >= 4 is 22.8 Å². The van der Waals surface area contributed by atoms with Gasteiger partial charge in [0.25, 0.3) is 5.91 Å². The molecule has 2 aromatic rings. The predicted molar refractivity (Wildman–Crippen MR) is 92.7 cm³/mol. The molecule has 24 heavy (non-hydrogen) atoms. The molecule has 2 N–H and O–H groups in total. The van der Waals surface area contributed by atoms with Gasteiger partial charge in [0.1, 0.15) is 5.69 Å². The molecule has 128 valence electrons. The molecule has 3 rings (SSSR count). The van der Waals surface area contributed by atoms with Gasteiger partial charge in [-0.3, -0.25) is 4.79 Å². The van der Waals surface area contributed by atoms with Gasteiger partial charge in [-0.2, -0.15) is 0 Å². The van der Waals surface area contributed by atoms with E-state index in [1.165, 1.54) is 6.42 Å². The number of aromatic amines is 1. The number of hydrogen-bond donors (Lipinski definition) is 2. The number of carbonyl (C=O) groups is 2. The summed E-state index contributed by atoms with van der Waals surface area (Å²) in [5.74, 6) is -0.261. The van der Waals surface area contributed by atoms with Crippen LogP contribution in [0.1, 0.15) is 50.0 Å². The van der Waals surface area contributed by atoms with E-state index in [-0.39, 0.29) is 11.9 Å². The molecule has 1 aliphatic rings. The minimum Gasteiger partial charge on any atom is -0.448 e. The van der Waals surface area contributed by atoms with Crippen molar-refractivity contribution in [3.63, 3.8) is 0 Å². The fourth-order valence-corrected chi connectivity index (χ4v) is 3.29. The highest BCUT2D eigenvalue weighted by Crippen LogP contribution is 2.24. The van der Waals surface area contributed by atoms with Gasteiger partial charge in [0, 0.05) is 16.9 Å². The van der Waals surface area contributed by atoms with E-state index in [0.717, 1.165) is 30.2 Å². The maximum Gasteiger partial charge on any atom is 0.355 e. The van der Waals surface area contributed by atoms with Crippen LogP contribution in [0.15, 0.2) is 30.3 Å². The van der Waals surface area contributed by atoms with Crippen molar-refractivity contribution in [2.45, 2.75) is 51.7 Å². The molecule has 1 aliphatic carbocycles. The van der Waals surface area contributed by atoms with Crippen molar-refractivity contribution in [2.24, 2.45) is 5.92 Å². The van der Waals surface area contributed by atoms with Gasteiger partial charge in [0.2, 0.25) is 0 Å². The number of rotatable bonds is 4. The van der Waals surface area contributed by atoms with Gasteiger partial charge in [-0.05, 0) is 37.8 Å². The Balaban J connectivity index is 1.59. The molecule has 5 nitrogen and oxygen atoms in total. The minimum absolute atomic E-state index is 0.181. The van der Waals surface area contributed by atoms with E-state index in [1.807, 2.05) is 24.3 Å². The van der Waals surface area contributed by atoms with Crippen LogP contribution < -0.4 is 5.32 Å². The van der Waals surface area contributed by atoms with Crippen LogP contribution in [0.5, 0.6) is 0 Å². The fraction of sp³-hybridized carbons (Fsp3) is 0.474. The maximum atomic E-state index is 12.3. The van der Waals surface area contributed by atoms with Crippen LogP contribution >= 0.6 is 0 Å². The van der Waals surface area contributed by atoms with Crippen LogP contribution in [0.2, 0.25) is 0 Å². The molecule has 1 amide bonds. The second-order valence-electron chi connectivity index (χ2n) is 6.69. The standard InChI is InChI=1S/C19H24N2O3/c1-12-7-3-5-9-15(12)21-18(22)13(2)24-19(23)17-11-14-8-4-6-10-16(14)20-17/h4,6,8,10-13,15,20H,3,5,7,9H2,1-2H3,(H,21,22)/t12-,13-,15-/m1/s1. The van der Waals surface area contributed by atoms with Crippen molar-refractivity contribution in [2.75, 3.05) is 0 Å². The fourth-order valence-electron chi connectivity index (χ4n) is 3.29. The largest absolute Gasteiger partial charge is 0.448 e. The monoisotopic (exact) mass is 328 g/mol. The Hall–Kier alpha value is -2.30. The first-order valence-electron chi connectivity index (χ1n) is 8.63. The van der Waals surface area contributed by atoms with Crippen LogP contribution in [0.25, 0.3) is 10.9 Å². The van der Waals surface area contributed by atoms with E-state index >= 15 is 0 Å². The zero-order valence-electron chi connectivity index (χ0n) is 14.2. The zero-order chi connectivity index (χ0) is 17.1. The quantitative estimate of drug-likeness (QED) is 0.845. The molecule has 0 saturated heterocycles. The molecule has 0 bridgehead atoms. The molecule has 3 atom stereocenters. The normalized spacial score (nSPS) is 22.1. The molecule has 1 fully saturated rings. The number of aromatic nitrogens is 1. The first-order chi connectivity index (χ1) is 11.5. The van der Waals surface area contributed by atoms with Gasteiger partial charge in [-0.1, -0.05) is 38.0 Å². The maximum absolute atomic E-state index is 12.3. The molecule has 0 spiro atoms. The molecule has 0 unspecified atom stereocenters. The third kappa shape index (κ3) is 3.61. The molecule has 1 saturated carbocycles. The number of benzene rings is 1. The van der Waals surface area contributed by atoms with Gasteiger partial charge in [-0.25, -0.2) is 4.79 Å². The van der Waals surface area contributed by atoms with Crippen molar-refractivity contribution < 1.29 is 14.3 Å². The third-order valence-electron chi connectivity index (χ3n) is 4.84. The number of fused-ring (bicyclic) bond motifs is 1. The predicted octanol–water partition coefficient (Wildman–Crippen LogP) is 3.41. The molecule has 0 aliphatic heterocycles. The van der Waals surface area contributed by atoms with Gasteiger partial charge in [-0.15, -0.1) is 0 Å². The van der Waals surface area contributed by atoms with Crippen molar-refractivity contribution in [3.05, 3.63) is 36.0 Å². The number of nitrogens with one attached hydrogen (secondary N) is 2. The highest BCUT2D eigenvalue weighted by Gasteiger charge is 2.26. The number of ether oxygens (including phenoxy) is 1. The first-order valence-corrected chi connectivity index (χ1v) is 8.63. The van der Waals surface area contributed by atoms with Gasteiger partial charge >= 0.3 is 5.97 Å². The summed E-state index contributed by atoms with van der Waals surface area (Å²) in [7, 11) is 0. The van der Waals surface area contributed by atoms with E-state index in [2.05, 4.69) is 17.2 Å². The summed E-state index contributed by atoms with van der Waals surface area (Å²) in [5, 5.41) is 3.97. The van der Waals surface area contributed by atoms with E-state index in [1.54, 1.807) is 13.0 Å². The van der Waals surface area contributed by atoms with Crippen molar-refractivity contribution in [1.29, 1.82) is 0 Å². The molecular formula is C19H24N2O3. The summed E-state index contributed by atoms with van der Waals surface area (Å²) >= 11 is 0. The topological polar surface area (TPSA) is 71.2 Å². The Morgan fingerprint density at radius 1 is 1.25 bits per heavy atom. The highest BCUT2D eigenvalue weighted by molar-refractivity contribution is 5.96. The van der Waals surface area contributed by atoms with Gasteiger partial charge in [0.05, 0.1) is 0 Å². The summed E-state index contributed by atoms with van der Waals surface area (Å²) in [4.78, 5) is 27.6. The van der Waals surface area contributed by atoms with Crippen molar-refractivity contribution in [3.8, 4) is 0 Å². The van der Waals surface area contributed by atoms with E-state index in [9.17, 15) is 9.59 Å². The number of hydrogen-bond acceptors (Lipinski definition) is 3. The Labute approximate surface area is 141 Å². The zero-order valence-corrected chi connectivity index (χ0v) is 14.2. The second kappa shape index (κ2) is 7.07. The second-order valence-corrected chi connectivity index (χ2v) is 6.69. The van der Waals surface area contributed by atoms with Crippen LogP contribution in [-0.4, -0.2) is 29.0 Å². The lowest BCUT2D eigenvalue weighted by atomic mass is 9.86. The average molecular weight is 328 g/mol. The first kappa shape index (κ1) is 16.6. The summed E-state index contributed by atoms with van der Waals surface area (Å²) in [6.45, 7) is 3.77. The average Bonchev–Trinajstić information content (AvgIpc) is 3.01. The SMILES string of the molecule is C[C@@H]1CCCC[C@H]1NC(=O)[C@@H](C)OC(=O)c1cc2ccccc2[nH]1. The lowest BCUT2D eigenvalue weighted by Gasteiger charge is -2.30. The molecule has 0 radical (unpaired) electrons. The Kier molecular flexibility index (Phi) is 4.88. The van der Waals surface area contributed by atoms with Crippen molar-refractivity contribution in [1.82, 2.24) is 10.3 Å². The number of H-pyrrole nitrogens is 1. The minimum atomic E-state index is -0.807. The lowest BCUT2D eigenvalue weighted by Crippen LogP contribution is -2.46. The molecule has 1 aromatic heterocycles. The summed E-state index contributed by atoms with van der Waals surface area (Å²) in [5.41, 5.74) is 1.24. The number of carbonyl (C=O) groups excluding carboxylic acids is 2. The molecule has 5 heteroatoms. The lowest BCUT2D eigenvalue weighted by molar-refractivity contribution is -0.130. The highest BCUT2D eigenvalue weighted by atomic mass is 16.5. The molecular weight excluding hydrogens is 304 g/mol.